The van der Waals surface area contributed by atoms with Crippen molar-refractivity contribution in [2.45, 2.75) is 49.9 Å². The highest BCUT2D eigenvalue weighted by molar-refractivity contribution is 8.01. The molecule has 4 heterocycles. The minimum absolute atomic E-state index is 0.0829. The van der Waals surface area contributed by atoms with E-state index in [1.54, 1.807) is 46.2 Å². The number of aryl methyl sites for hydroxylation is 1. The van der Waals surface area contributed by atoms with Crippen molar-refractivity contribution in [2.24, 2.45) is 7.05 Å². The fourth-order valence-corrected chi connectivity index (χ4v) is 6.78. The van der Waals surface area contributed by atoms with E-state index in [9.17, 15) is 24.3 Å². The lowest BCUT2D eigenvalue weighted by Crippen LogP contribution is -2.70. The molecule has 0 aromatic carbocycles. The summed E-state index contributed by atoms with van der Waals surface area (Å²) >= 11 is 3.76. The van der Waals surface area contributed by atoms with Gasteiger partial charge in [-0.05, 0) is 43.7 Å². The Morgan fingerprint density at radius 1 is 1.33 bits per heavy atom. The number of fused-ring (bicyclic) bond motifs is 1. The Bertz CT molecular complexity index is 1380. The van der Waals surface area contributed by atoms with Crippen molar-refractivity contribution in [2.75, 3.05) is 16.8 Å². The summed E-state index contributed by atoms with van der Waals surface area (Å²) in [5, 5.41) is 28.1. The summed E-state index contributed by atoms with van der Waals surface area (Å²) in [4.78, 5) is 55.8. The third-order valence-electron chi connectivity index (χ3n) is 5.41. The molecule has 1 saturated heterocycles. The number of tetrazole rings is 1. The van der Waals surface area contributed by atoms with E-state index in [0.29, 0.717) is 27.9 Å². The Labute approximate surface area is 235 Å². The molecule has 208 valence electrons. The van der Waals surface area contributed by atoms with Crippen LogP contribution in [0.5, 0.6) is 0 Å². The first-order valence-electron chi connectivity index (χ1n) is 11.6. The van der Waals surface area contributed by atoms with E-state index in [1.165, 1.54) is 33.1 Å². The summed E-state index contributed by atoms with van der Waals surface area (Å²) < 4.78 is 6.69. The summed E-state index contributed by atoms with van der Waals surface area (Å²) in [6.45, 7) is 6.87. The number of ether oxygens (including phenoxy) is 1. The zero-order chi connectivity index (χ0) is 28.5. The van der Waals surface area contributed by atoms with E-state index in [-0.39, 0.29) is 16.4 Å². The summed E-state index contributed by atoms with van der Waals surface area (Å²) in [5.74, 6) is -1.61. The Balaban J connectivity index is 1.42. The minimum atomic E-state index is -1.22. The van der Waals surface area contributed by atoms with Crippen LogP contribution in [0, 0.1) is 0 Å². The highest BCUT2D eigenvalue weighted by Gasteiger charge is 2.54. The molecule has 1 unspecified atom stereocenters. The number of rotatable bonds is 8. The van der Waals surface area contributed by atoms with Crippen molar-refractivity contribution in [3.8, 4) is 0 Å². The summed E-state index contributed by atoms with van der Waals surface area (Å²) in [7, 11) is 1.68. The number of aromatic nitrogens is 5. The van der Waals surface area contributed by atoms with Crippen LogP contribution in [-0.4, -0.2) is 87.6 Å². The number of hydrogen-bond acceptors (Lipinski definition) is 12. The number of carbonyl (C=O) groups is 4. The van der Waals surface area contributed by atoms with E-state index in [2.05, 4.69) is 31.1 Å². The maximum atomic E-state index is 13.1. The average Bonchev–Trinajstić information content (AvgIpc) is 3.48. The second-order valence-electron chi connectivity index (χ2n) is 9.36. The molecule has 14 nitrogen and oxygen atoms in total. The number of thioether (sulfide) groups is 2. The van der Waals surface area contributed by atoms with Gasteiger partial charge in [0.15, 0.2) is 5.13 Å². The standard InChI is InChI=1S/C22H26N8O6S3/c1-6-11(12-9-38-19(23-12)25-21(35)36-22(2,3)4)15(31)24-13-16(32)30-14(18(33)34)10(7-37-17(13)30)8-39-20-26-27-28-29(20)5/h6,9,13,17H,7-8H2,1-5H3,(H,24,31)(H,33,34)(H,23,25,35)/b11-6-/t13?,17-/m1/s1. The minimum Gasteiger partial charge on any atom is -0.477 e. The quantitative estimate of drug-likeness (QED) is 0.230. The Morgan fingerprint density at radius 3 is 2.69 bits per heavy atom. The molecule has 4 rings (SSSR count). The van der Waals surface area contributed by atoms with Crippen LogP contribution in [0.1, 0.15) is 33.4 Å². The molecular formula is C22H26N8O6S3. The number of carboxylic acids is 1. The number of thiazole rings is 1. The van der Waals surface area contributed by atoms with Gasteiger partial charge in [-0.1, -0.05) is 17.8 Å². The van der Waals surface area contributed by atoms with Gasteiger partial charge >= 0.3 is 12.1 Å². The lowest BCUT2D eigenvalue weighted by atomic mass is 10.0. The Hall–Kier alpha value is -3.44. The number of carbonyl (C=O) groups excluding carboxylic acids is 3. The first-order valence-corrected chi connectivity index (χ1v) is 14.5. The second-order valence-corrected chi connectivity index (χ2v) is 12.3. The maximum absolute atomic E-state index is 13.1. The van der Waals surface area contributed by atoms with Crippen LogP contribution in [0.15, 0.2) is 27.9 Å². The van der Waals surface area contributed by atoms with E-state index < -0.39 is 40.9 Å². The number of carboxylic acid groups (broad SMARTS) is 1. The number of β-lactam (4-membered cyclic amide) rings is 1. The van der Waals surface area contributed by atoms with Crippen molar-refractivity contribution in [1.82, 2.24) is 35.4 Å². The van der Waals surface area contributed by atoms with Crippen molar-refractivity contribution in [1.29, 1.82) is 0 Å². The number of amides is 3. The molecule has 3 amide bonds. The number of nitrogens with zero attached hydrogens (tertiary/aromatic N) is 6. The van der Waals surface area contributed by atoms with Crippen molar-refractivity contribution in [3.05, 3.63) is 28.4 Å². The molecule has 0 saturated carbocycles. The third kappa shape index (κ3) is 6.25. The van der Waals surface area contributed by atoms with Gasteiger partial charge in [-0.15, -0.1) is 28.2 Å². The smallest absolute Gasteiger partial charge is 0.413 e. The lowest BCUT2D eigenvalue weighted by Gasteiger charge is -2.49. The van der Waals surface area contributed by atoms with Crippen molar-refractivity contribution >= 4 is 69.4 Å². The van der Waals surface area contributed by atoms with Gasteiger partial charge in [0, 0.05) is 23.9 Å². The number of nitrogens with one attached hydrogen (secondary N) is 2. The summed E-state index contributed by atoms with van der Waals surface area (Å²) in [6, 6.07) is -0.901. The van der Waals surface area contributed by atoms with Crippen molar-refractivity contribution in [3.63, 3.8) is 0 Å². The topological polar surface area (TPSA) is 182 Å². The third-order valence-corrected chi connectivity index (χ3v) is 8.61. The largest absolute Gasteiger partial charge is 0.477 e. The van der Waals surface area contributed by atoms with Crippen LogP contribution in [-0.2, 0) is 26.2 Å². The van der Waals surface area contributed by atoms with E-state index >= 15 is 0 Å². The zero-order valence-electron chi connectivity index (χ0n) is 21.6. The predicted molar refractivity (Wildman–Crippen MR) is 145 cm³/mol. The number of allylic oxidation sites excluding steroid dienone is 1. The molecule has 3 N–H and O–H groups in total. The van der Waals surface area contributed by atoms with Gasteiger partial charge in [-0.2, -0.15) is 0 Å². The molecular weight excluding hydrogens is 568 g/mol. The molecule has 0 bridgehead atoms. The van der Waals surface area contributed by atoms with Gasteiger partial charge in [0.2, 0.25) is 5.16 Å². The van der Waals surface area contributed by atoms with E-state index in [0.717, 1.165) is 11.3 Å². The van der Waals surface area contributed by atoms with Crippen LogP contribution in [0.4, 0.5) is 9.93 Å². The maximum Gasteiger partial charge on any atom is 0.413 e. The predicted octanol–water partition coefficient (Wildman–Crippen LogP) is 1.95. The molecule has 0 aliphatic carbocycles. The molecule has 0 radical (unpaired) electrons. The van der Waals surface area contributed by atoms with Crippen LogP contribution in [0.2, 0.25) is 0 Å². The monoisotopic (exact) mass is 594 g/mol. The van der Waals surface area contributed by atoms with Crippen LogP contribution in [0.25, 0.3) is 5.57 Å². The number of hydrogen-bond donors (Lipinski definition) is 3. The van der Waals surface area contributed by atoms with Gasteiger partial charge < -0.3 is 15.2 Å². The SMILES string of the molecule is C/C=C(\C(=O)NC1C(=O)N2C(C(=O)O)=C(CSc3nnnn3C)CS[C@H]12)c1csc(NC(=O)OC(C)(C)C)n1. The van der Waals surface area contributed by atoms with Gasteiger partial charge in [-0.3, -0.25) is 19.8 Å². The molecule has 39 heavy (non-hydrogen) atoms. The highest BCUT2D eigenvalue weighted by Crippen LogP contribution is 2.41. The first-order chi connectivity index (χ1) is 18.4. The summed E-state index contributed by atoms with van der Waals surface area (Å²) in [5.41, 5.74) is 0.327. The van der Waals surface area contributed by atoms with Crippen molar-refractivity contribution < 1.29 is 29.0 Å². The second kappa shape index (κ2) is 11.4. The average molecular weight is 595 g/mol. The van der Waals surface area contributed by atoms with Crippen LogP contribution < -0.4 is 10.6 Å². The molecule has 2 aliphatic heterocycles. The van der Waals surface area contributed by atoms with Gasteiger partial charge in [0.05, 0.1) is 11.3 Å². The zero-order valence-corrected chi connectivity index (χ0v) is 24.1. The Kier molecular flexibility index (Phi) is 8.31. The Morgan fingerprint density at radius 2 is 2.08 bits per heavy atom. The number of anilines is 1. The van der Waals surface area contributed by atoms with Crippen LogP contribution in [0.3, 0.4) is 0 Å². The van der Waals surface area contributed by atoms with E-state index in [1.807, 2.05) is 0 Å². The van der Waals surface area contributed by atoms with Gasteiger partial charge in [0.25, 0.3) is 11.8 Å². The van der Waals surface area contributed by atoms with E-state index in [4.69, 9.17) is 4.74 Å². The highest BCUT2D eigenvalue weighted by atomic mass is 32.2. The fourth-order valence-electron chi connectivity index (χ4n) is 3.75. The lowest BCUT2D eigenvalue weighted by molar-refractivity contribution is -0.150. The molecule has 2 aliphatic rings. The fraction of sp³-hybridized carbons (Fsp3) is 0.455. The van der Waals surface area contributed by atoms with Gasteiger partial charge in [-0.25, -0.2) is 19.3 Å². The molecule has 2 aromatic heterocycles. The molecule has 17 heteroatoms. The van der Waals surface area contributed by atoms with Gasteiger partial charge in [0.1, 0.15) is 22.7 Å². The molecule has 0 spiro atoms. The molecule has 2 atom stereocenters. The van der Waals surface area contributed by atoms with Crippen LogP contribution >= 0.6 is 34.9 Å². The first kappa shape index (κ1) is 28.6. The number of aliphatic carboxylic acids is 1. The molecule has 2 aromatic rings. The molecule has 1 fully saturated rings. The normalized spacial score (nSPS) is 19.4. The summed E-state index contributed by atoms with van der Waals surface area (Å²) in [6.07, 6.45) is 0.883.